The van der Waals surface area contributed by atoms with E-state index in [2.05, 4.69) is 4.98 Å². The average Bonchev–Trinajstić information content (AvgIpc) is 2.80. The minimum absolute atomic E-state index is 0.0318. The number of aromatic nitrogens is 2. The van der Waals surface area contributed by atoms with Crippen LogP contribution in [0.1, 0.15) is 10.4 Å². The summed E-state index contributed by atoms with van der Waals surface area (Å²) in [6.45, 7) is 0. The molecule has 0 unspecified atom stereocenters. The molecule has 1 N–H and O–H groups in total. The number of aromatic carboxylic acids is 1. The average molecular weight is 293 g/mol. The van der Waals surface area contributed by atoms with Crippen LogP contribution in [0.4, 0.5) is 5.82 Å². The highest BCUT2D eigenvalue weighted by Gasteiger charge is 2.24. The van der Waals surface area contributed by atoms with Crippen molar-refractivity contribution in [2.45, 2.75) is 0 Å². The standard InChI is InChI=1S/C12H11N3O6/c1-14-6-13-10(15(18)19)11(14)21-9-5-7(12(16)17)3-4-8(9)20-2/h3-6H,1-2H3,(H,16,17). The maximum Gasteiger partial charge on any atom is 0.427 e. The SMILES string of the molecule is COc1ccc(C(=O)O)cc1Oc1c([N+](=O)[O-])ncn1C. The van der Waals surface area contributed by atoms with E-state index in [1.165, 1.54) is 43.3 Å². The molecule has 0 spiro atoms. The fraction of sp³-hybridized carbons (Fsp3) is 0.167. The Kier molecular flexibility index (Phi) is 3.74. The van der Waals surface area contributed by atoms with Crippen LogP contribution < -0.4 is 9.47 Å². The van der Waals surface area contributed by atoms with Crippen molar-refractivity contribution in [3.05, 3.63) is 40.2 Å². The van der Waals surface area contributed by atoms with E-state index >= 15 is 0 Å². The van der Waals surface area contributed by atoms with Gasteiger partial charge in [0, 0.05) is 7.05 Å². The summed E-state index contributed by atoms with van der Waals surface area (Å²) >= 11 is 0. The summed E-state index contributed by atoms with van der Waals surface area (Å²) in [5, 5.41) is 19.9. The highest BCUT2D eigenvalue weighted by molar-refractivity contribution is 5.88. The van der Waals surface area contributed by atoms with Crippen molar-refractivity contribution in [3.8, 4) is 17.4 Å². The van der Waals surface area contributed by atoms with Crippen molar-refractivity contribution in [3.63, 3.8) is 0 Å². The molecule has 2 rings (SSSR count). The van der Waals surface area contributed by atoms with Crippen molar-refractivity contribution in [1.29, 1.82) is 0 Å². The summed E-state index contributed by atoms with van der Waals surface area (Å²) in [6.07, 6.45) is 1.22. The lowest BCUT2D eigenvalue weighted by molar-refractivity contribution is -0.390. The van der Waals surface area contributed by atoms with E-state index in [9.17, 15) is 14.9 Å². The number of nitro groups is 1. The van der Waals surface area contributed by atoms with Gasteiger partial charge in [-0.15, -0.1) is 0 Å². The van der Waals surface area contributed by atoms with E-state index in [0.29, 0.717) is 0 Å². The largest absolute Gasteiger partial charge is 0.493 e. The second kappa shape index (κ2) is 5.49. The van der Waals surface area contributed by atoms with E-state index in [1.54, 1.807) is 0 Å². The number of methoxy groups -OCH3 is 1. The third-order valence-electron chi connectivity index (χ3n) is 2.66. The van der Waals surface area contributed by atoms with Gasteiger partial charge in [-0.2, -0.15) is 0 Å². The molecule has 0 saturated carbocycles. The van der Waals surface area contributed by atoms with Crippen molar-refractivity contribution in [1.82, 2.24) is 9.55 Å². The molecule has 0 saturated heterocycles. The Bertz CT molecular complexity index is 709. The highest BCUT2D eigenvalue weighted by atomic mass is 16.6. The number of carbonyl (C=O) groups is 1. The number of hydrogen-bond donors (Lipinski definition) is 1. The third kappa shape index (κ3) is 2.76. The van der Waals surface area contributed by atoms with Crippen LogP contribution in [-0.2, 0) is 7.05 Å². The monoisotopic (exact) mass is 293 g/mol. The number of imidazole rings is 1. The molecule has 9 heteroatoms. The molecule has 0 aliphatic rings. The van der Waals surface area contributed by atoms with E-state index in [4.69, 9.17) is 14.6 Å². The molecule has 2 aromatic rings. The first-order valence-electron chi connectivity index (χ1n) is 5.69. The summed E-state index contributed by atoms with van der Waals surface area (Å²) < 4.78 is 11.8. The lowest BCUT2D eigenvalue weighted by Gasteiger charge is -2.10. The number of rotatable bonds is 5. The van der Waals surface area contributed by atoms with Crippen LogP contribution >= 0.6 is 0 Å². The van der Waals surface area contributed by atoms with Gasteiger partial charge in [-0.1, -0.05) is 0 Å². The fourth-order valence-electron chi connectivity index (χ4n) is 1.64. The van der Waals surface area contributed by atoms with Gasteiger partial charge >= 0.3 is 17.7 Å². The van der Waals surface area contributed by atoms with E-state index in [0.717, 1.165) is 0 Å². The van der Waals surface area contributed by atoms with E-state index < -0.39 is 16.7 Å². The molecule has 0 atom stereocenters. The first kappa shape index (κ1) is 14.3. The van der Waals surface area contributed by atoms with E-state index in [-0.39, 0.29) is 22.9 Å². The number of aryl methyl sites for hydroxylation is 1. The summed E-state index contributed by atoms with van der Waals surface area (Å²) in [5.74, 6) is -1.46. The van der Waals surface area contributed by atoms with Crippen molar-refractivity contribution >= 4 is 11.8 Å². The first-order valence-corrected chi connectivity index (χ1v) is 5.69. The molecule has 21 heavy (non-hydrogen) atoms. The van der Waals surface area contributed by atoms with Gasteiger partial charge in [0.05, 0.1) is 12.7 Å². The van der Waals surface area contributed by atoms with Crippen LogP contribution in [-0.4, -0.2) is 32.7 Å². The number of nitrogens with zero attached hydrogens (tertiary/aromatic N) is 3. The third-order valence-corrected chi connectivity index (χ3v) is 2.66. The highest BCUT2D eigenvalue weighted by Crippen LogP contribution is 2.35. The van der Waals surface area contributed by atoms with Gasteiger partial charge < -0.3 is 24.7 Å². The number of hydrogen-bond acceptors (Lipinski definition) is 6. The Morgan fingerprint density at radius 3 is 2.71 bits per heavy atom. The van der Waals surface area contributed by atoms with Crippen LogP contribution in [0.15, 0.2) is 24.5 Å². The number of ether oxygens (including phenoxy) is 2. The Morgan fingerprint density at radius 2 is 2.14 bits per heavy atom. The molecule has 0 bridgehead atoms. The zero-order chi connectivity index (χ0) is 15.6. The van der Waals surface area contributed by atoms with Gasteiger partial charge in [0.15, 0.2) is 11.5 Å². The second-order valence-corrected chi connectivity index (χ2v) is 4.01. The molecule has 0 fully saturated rings. The molecular formula is C12H11N3O6. The number of benzene rings is 1. The predicted octanol–water partition coefficient (Wildman–Crippen LogP) is 1.83. The molecule has 1 aromatic carbocycles. The molecule has 0 aliphatic carbocycles. The summed E-state index contributed by atoms with van der Waals surface area (Å²) in [6, 6.07) is 3.96. The lowest BCUT2D eigenvalue weighted by atomic mass is 10.2. The lowest BCUT2D eigenvalue weighted by Crippen LogP contribution is -2.01. The van der Waals surface area contributed by atoms with Crippen molar-refractivity contribution in [2.75, 3.05) is 7.11 Å². The van der Waals surface area contributed by atoms with Crippen LogP contribution in [0.3, 0.4) is 0 Å². The Morgan fingerprint density at radius 1 is 1.43 bits per heavy atom. The number of carboxylic acids is 1. The van der Waals surface area contributed by atoms with E-state index in [1.807, 2.05) is 0 Å². The van der Waals surface area contributed by atoms with Crippen LogP contribution in [0.2, 0.25) is 0 Å². The zero-order valence-electron chi connectivity index (χ0n) is 11.1. The predicted molar refractivity (Wildman–Crippen MR) is 69.9 cm³/mol. The Balaban J connectivity index is 2.48. The summed E-state index contributed by atoms with van der Waals surface area (Å²) in [5.41, 5.74) is -0.0318. The van der Waals surface area contributed by atoms with Gasteiger partial charge in [-0.25, -0.2) is 4.79 Å². The molecule has 0 aliphatic heterocycles. The topological polar surface area (TPSA) is 117 Å². The zero-order valence-corrected chi connectivity index (χ0v) is 11.1. The van der Waals surface area contributed by atoms with Gasteiger partial charge in [-0.05, 0) is 28.1 Å². The maximum atomic E-state index is 11.0. The van der Waals surface area contributed by atoms with Gasteiger partial charge in [0.25, 0.3) is 0 Å². The smallest absolute Gasteiger partial charge is 0.427 e. The maximum absolute atomic E-state index is 11.0. The van der Waals surface area contributed by atoms with Gasteiger partial charge in [0.2, 0.25) is 6.33 Å². The van der Waals surface area contributed by atoms with Gasteiger partial charge in [-0.3, -0.25) is 4.57 Å². The molecular weight excluding hydrogens is 282 g/mol. The fourth-order valence-corrected chi connectivity index (χ4v) is 1.64. The van der Waals surface area contributed by atoms with Crippen molar-refractivity contribution < 1.29 is 24.3 Å². The summed E-state index contributed by atoms with van der Waals surface area (Å²) in [7, 11) is 2.89. The van der Waals surface area contributed by atoms with Gasteiger partial charge in [0.1, 0.15) is 0 Å². The second-order valence-electron chi connectivity index (χ2n) is 4.01. The Labute approximate surface area is 118 Å². The minimum Gasteiger partial charge on any atom is -0.493 e. The number of carboxylic acid groups (broad SMARTS) is 1. The molecule has 1 heterocycles. The Hall–Kier alpha value is -3.10. The molecule has 110 valence electrons. The van der Waals surface area contributed by atoms with Crippen LogP contribution in [0, 0.1) is 10.1 Å². The minimum atomic E-state index is -1.15. The molecule has 9 nitrogen and oxygen atoms in total. The first-order chi connectivity index (χ1) is 9.93. The summed E-state index contributed by atoms with van der Waals surface area (Å²) in [4.78, 5) is 24.8. The quantitative estimate of drug-likeness (QED) is 0.660. The van der Waals surface area contributed by atoms with Crippen molar-refractivity contribution in [2.24, 2.45) is 7.05 Å². The molecule has 1 aromatic heterocycles. The molecule has 0 amide bonds. The molecule has 0 radical (unpaired) electrons. The van der Waals surface area contributed by atoms with Crippen LogP contribution in [0.5, 0.6) is 17.4 Å². The normalized spacial score (nSPS) is 10.2. The van der Waals surface area contributed by atoms with Crippen LogP contribution in [0.25, 0.3) is 0 Å².